The van der Waals surface area contributed by atoms with Crippen LogP contribution in [-0.4, -0.2) is 69.9 Å². The Morgan fingerprint density at radius 3 is 2.41 bits per heavy atom. The predicted molar refractivity (Wildman–Crippen MR) is 107 cm³/mol. The Bertz CT molecular complexity index is 942. The largest absolute Gasteiger partial charge is 0.497 e. The molecule has 0 bridgehead atoms. The minimum atomic E-state index is -3.54. The number of amides is 1. The minimum absolute atomic E-state index is 0.245. The number of ether oxygens (including phenoxy) is 1. The van der Waals surface area contributed by atoms with Crippen molar-refractivity contribution in [3.05, 3.63) is 59.9 Å². The number of hydrogen-bond acceptors (Lipinski definition) is 5. The molecule has 0 aliphatic carbocycles. The number of nitrogens with one attached hydrogen (secondary N) is 1. The Kier molecular flexibility index (Phi) is 6.83. The van der Waals surface area contributed by atoms with E-state index in [4.69, 9.17) is 4.74 Å². The number of hydrogen-bond donors (Lipinski definition) is 1. The Hall–Kier alpha value is -2.49. The van der Waals surface area contributed by atoms with Crippen molar-refractivity contribution in [1.29, 1.82) is 0 Å². The van der Waals surface area contributed by atoms with Crippen LogP contribution < -0.4 is 10.1 Å². The van der Waals surface area contributed by atoms with Gasteiger partial charge in [0.2, 0.25) is 10.0 Å². The highest BCUT2D eigenvalue weighted by Crippen LogP contribution is 2.20. The summed E-state index contributed by atoms with van der Waals surface area (Å²) in [6.07, 6.45) is 0. The molecular weight excluding hydrogens is 397 g/mol. The Morgan fingerprint density at radius 1 is 1.10 bits per heavy atom. The lowest BCUT2D eigenvalue weighted by molar-refractivity contribution is 0.0944. The Balaban J connectivity index is 1.47. The van der Waals surface area contributed by atoms with Crippen LogP contribution in [0, 0.1) is 5.82 Å². The highest BCUT2D eigenvalue weighted by atomic mass is 32.2. The second-order valence-corrected chi connectivity index (χ2v) is 8.63. The summed E-state index contributed by atoms with van der Waals surface area (Å²) in [5.74, 6) is -0.175. The number of carbonyl (C=O) groups is 1. The van der Waals surface area contributed by atoms with Crippen LogP contribution in [0.1, 0.15) is 10.4 Å². The van der Waals surface area contributed by atoms with Crippen LogP contribution in [0.5, 0.6) is 5.75 Å². The normalized spacial score (nSPS) is 15.8. The van der Waals surface area contributed by atoms with E-state index in [9.17, 15) is 17.6 Å². The number of halogens is 1. The topological polar surface area (TPSA) is 79.0 Å². The average molecular weight is 421 g/mol. The monoisotopic (exact) mass is 421 g/mol. The quantitative estimate of drug-likeness (QED) is 0.734. The molecule has 1 N–H and O–H groups in total. The zero-order chi connectivity index (χ0) is 20.9. The Morgan fingerprint density at radius 2 is 1.79 bits per heavy atom. The molecule has 0 aromatic heterocycles. The van der Waals surface area contributed by atoms with Gasteiger partial charge in [-0.15, -0.1) is 0 Å². The van der Waals surface area contributed by atoms with Crippen LogP contribution in [0.15, 0.2) is 53.4 Å². The van der Waals surface area contributed by atoms with Crippen molar-refractivity contribution in [3.8, 4) is 5.75 Å². The zero-order valence-electron chi connectivity index (χ0n) is 16.2. The van der Waals surface area contributed by atoms with Crippen molar-refractivity contribution in [1.82, 2.24) is 14.5 Å². The van der Waals surface area contributed by atoms with E-state index >= 15 is 0 Å². The van der Waals surface area contributed by atoms with Gasteiger partial charge in [-0.05, 0) is 42.5 Å². The first-order valence-corrected chi connectivity index (χ1v) is 10.7. The summed E-state index contributed by atoms with van der Waals surface area (Å²) in [6.45, 7) is 2.91. The summed E-state index contributed by atoms with van der Waals surface area (Å²) in [5.41, 5.74) is 0.278. The summed E-state index contributed by atoms with van der Waals surface area (Å²) in [4.78, 5) is 14.4. The SMILES string of the molecule is COc1ccc(S(=O)(=O)N2CCN(CCNC(=O)c3cccc(F)c3)CC2)cc1. The number of carbonyl (C=O) groups excluding carboxylic acids is 1. The van der Waals surface area contributed by atoms with E-state index in [1.165, 1.54) is 29.6 Å². The second-order valence-electron chi connectivity index (χ2n) is 6.69. The highest BCUT2D eigenvalue weighted by molar-refractivity contribution is 7.89. The molecule has 2 aromatic carbocycles. The highest BCUT2D eigenvalue weighted by Gasteiger charge is 2.28. The third kappa shape index (κ3) is 5.31. The molecular formula is C20H24FN3O4S. The maximum Gasteiger partial charge on any atom is 0.251 e. The molecule has 0 spiro atoms. The van der Waals surface area contributed by atoms with Crippen molar-refractivity contribution in [2.24, 2.45) is 0 Å². The van der Waals surface area contributed by atoms with Gasteiger partial charge in [-0.2, -0.15) is 4.31 Å². The molecule has 1 aliphatic heterocycles. The summed E-state index contributed by atoms with van der Waals surface area (Å²) in [6, 6.07) is 11.9. The van der Waals surface area contributed by atoms with Crippen molar-refractivity contribution in [3.63, 3.8) is 0 Å². The van der Waals surface area contributed by atoms with Gasteiger partial charge in [-0.1, -0.05) is 6.07 Å². The van der Waals surface area contributed by atoms with E-state index in [0.717, 1.165) is 0 Å². The first-order valence-electron chi connectivity index (χ1n) is 9.30. The average Bonchev–Trinajstić information content (AvgIpc) is 2.74. The summed E-state index contributed by atoms with van der Waals surface area (Å²) in [7, 11) is -2.01. The molecule has 3 rings (SSSR count). The fourth-order valence-corrected chi connectivity index (χ4v) is 4.57. The molecule has 0 radical (unpaired) electrons. The third-order valence-corrected chi connectivity index (χ3v) is 6.74. The van der Waals surface area contributed by atoms with Gasteiger partial charge in [0.1, 0.15) is 11.6 Å². The lowest BCUT2D eigenvalue weighted by Crippen LogP contribution is -2.50. The van der Waals surface area contributed by atoms with Crippen LogP contribution in [0.25, 0.3) is 0 Å². The minimum Gasteiger partial charge on any atom is -0.497 e. The van der Waals surface area contributed by atoms with E-state index in [0.29, 0.717) is 45.0 Å². The van der Waals surface area contributed by atoms with E-state index in [-0.39, 0.29) is 16.4 Å². The van der Waals surface area contributed by atoms with Gasteiger partial charge in [0.15, 0.2) is 0 Å². The fourth-order valence-electron chi connectivity index (χ4n) is 3.15. The number of benzene rings is 2. The van der Waals surface area contributed by atoms with Gasteiger partial charge >= 0.3 is 0 Å². The molecule has 1 fully saturated rings. The van der Waals surface area contributed by atoms with E-state index in [1.54, 1.807) is 30.3 Å². The van der Waals surface area contributed by atoms with Crippen molar-refractivity contribution < 1.29 is 22.3 Å². The standard InChI is InChI=1S/C20H24FN3O4S/c1-28-18-5-7-19(8-6-18)29(26,27)24-13-11-23(12-14-24)10-9-22-20(25)16-3-2-4-17(21)15-16/h2-8,15H,9-14H2,1H3,(H,22,25). The fraction of sp³-hybridized carbons (Fsp3) is 0.350. The van der Waals surface area contributed by atoms with Gasteiger partial charge in [0.05, 0.1) is 12.0 Å². The van der Waals surface area contributed by atoms with Crippen molar-refractivity contribution in [2.45, 2.75) is 4.90 Å². The number of rotatable bonds is 7. The molecule has 0 saturated carbocycles. The molecule has 1 amide bonds. The predicted octanol–water partition coefficient (Wildman–Crippen LogP) is 1.57. The summed E-state index contributed by atoms with van der Waals surface area (Å²) in [5, 5.41) is 2.76. The number of sulfonamides is 1. The molecule has 1 aliphatic rings. The molecule has 9 heteroatoms. The molecule has 0 atom stereocenters. The van der Waals surface area contributed by atoms with Crippen LogP contribution in [0.3, 0.4) is 0 Å². The van der Waals surface area contributed by atoms with Gasteiger partial charge in [-0.3, -0.25) is 9.69 Å². The van der Waals surface area contributed by atoms with E-state index in [2.05, 4.69) is 10.2 Å². The maximum atomic E-state index is 13.2. The molecule has 0 unspecified atom stereocenters. The van der Waals surface area contributed by atoms with Crippen LogP contribution >= 0.6 is 0 Å². The van der Waals surface area contributed by atoms with Gasteiger partial charge < -0.3 is 10.1 Å². The smallest absolute Gasteiger partial charge is 0.251 e. The number of methoxy groups -OCH3 is 1. The number of nitrogens with zero attached hydrogens (tertiary/aromatic N) is 2. The summed E-state index contributed by atoms with van der Waals surface area (Å²) >= 11 is 0. The number of piperazine rings is 1. The van der Waals surface area contributed by atoms with Crippen molar-refractivity contribution >= 4 is 15.9 Å². The van der Waals surface area contributed by atoms with Gasteiger partial charge in [-0.25, -0.2) is 12.8 Å². The van der Waals surface area contributed by atoms with Crippen LogP contribution in [0.2, 0.25) is 0 Å². The molecule has 156 valence electrons. The first kappa shape index (κ1) is 21.2. The van der Waals surface area contributed by atoms with Crippen molar-refractivity contribution in [2.75, 3.05) is 46.4 Å². The lowest BCUT2D eigenvalue weighted by atomic mass is 10.2. The molecule has 2 aromatic rings. The molecule has 7 nitrogen and oxygen atoms in total. The second kappa shape index (κ2) is 9.34. The first-order chi connectivity index (χ1) is 13.9. The third-order valence-electron chi connectivity index (χ3n) is 4.83. The van der Waals surface area contributed by atoms with Gasteiger partial charge in [0.25, 0.3) is 5.91 Å². The van der Waals surface area contributed by atoms with E-state index in [1.807, 2.05) is 0 Å². The van der Waals surface area contributed by atoms with Crippen LogP contribution in [-0.2, 0) is 10.0 Å². The Labute approximate surface area is 170 Å². The zero-order valence-corrected chi connectivity index (χ0v) is 17.0. The molecule has 1 heterocycles. The molecule has 29 heavy (non-hydrogen) atoms. The lowest BCUT2D eigenvalue weighted by Gasteiger charge is -2.34. The summed E-state index contributed by atoms with van der Waals surface area (Å²) < 4.78 is 45.2. The van der Waals surface area contributed by atoms with Gasteiger partial charge in [0, 0.05) is 44.8 Å². The maximum absolute atomic E-state index is 13.2. The van der Waals surface area contributed by atoms with Crippen LogP contribution in [0.4, 0.5) is 4.39 Å². The van der Waals surface area contributed by atoms with E-state index < -0.39 is 15.8 Å². The molecule has 1 saturated heterocycles.